The fourth-order valence-corrected chi connectivity index (χ4v) is 0.434. The quantitative estimate of drug-likeness (QED) is 0.388. The van der Waals surface area contributed by atoms with Gasteiger partial charge in [0.2, 0.25) is 0 Å². The number of aromatic nitrogens is 2. The minimum atomic E-state index is 0.389. The van der Waals surface area contributed by atoms with Crippen molar-refractivity contribution >= 4 is 12.2 Å². The third-order valence-electron chi connectivity index (χ3n) is 0.631. The van der Waals surface area contributed by atoms with Crippen LogP contribution >= 0.6 is 12.2 Å². The number of hydrogen-bond acceptors (Lipinski definition) is 2. The fraction of sp³-hybridized carbons (Fsp3) is 0. The Hall–Kier alpha value is -0.770. The van der Waals surface area contributed by atoms with E-state index in [2.05, 4.69) is 17.3 Å². The highest BCUT2D eigenvalue weighted by Crippen LogP contribution is 1.82. The van der Waals surface area contributed by atoms with Gasteiger partial charge in [-0.25, -0.2) is 0 Å². The zero-order valence-corrected chi connectivity index (χ0v) is 4.27. The van der Waals surface area contributed by atoms with Gasteiger partial charge in [-0.05, 0) is 6.07 Å². The summed E-state index contributed by atoms with van der Waals surface area (Å²) < 4.78 is 0.389. The lowest BCUT2D eigenvalue weighted by Crippen LogP contribution is -1.89. The SMILES string of the molecule is On1[nH]ccc1=S. The third-order valence-corrected chi connectivity index (χ3v) is 0.941. The Morgan fingerprint density at radius 2 is 2.57 bits per heavy atom. The molecular formula is C3H4N2OS. The van der Waals surface area contributed by atoms with Gasteiger partial charge >= 0.3 is 0 Å². The van der Waals surface area contributed by atoms with Crippen molar-refractivity contribution in [2.75, 3.05) is 0 Å². The Bertz CT molecular complexity index is 201. The highest BCUT2D eigenvalue weighted by atomic mass is 32.1. The molecule has 3 nitrogen and oxygen atoms in total. The van der Waals surface area contributed by atoms with E-state index in [0.717, 1.165) is 4.85 Å². The predicted molar refractivity (Wildman–Crippen MR) is 26.8 cm³/mol. The van der Waals surface area contributed by atoms with Crippen molar-refractivity contribution in [1.82, 2.24) is 9.94 Å². The molecule has 1 aromatic heterocycles. The molecule has 0 spiro atoms. The Kier molecular flexibility index (Phi) is 0.867. The van der Waals surface area contributed by atoms with E-state index < -0.39 is 0 Å². The van der Waals surface area contributed by atoms with Crippen LogP contribution in [0.15, 0.2) is 12.3 Å². The summed E-state index contributed by atoms with van der Waals surface area (Å²) in [5.74, 6) is 0. The standard InChI is InChI=1S/C3H4N2OS/c6-5-3(7)1-2-4-5/h1-2,4,6H. The summed E-state index contributed by atoms with van der Waals surface area (Å²) in [6.45, 7) is 0. The maximum atomic E-state index is 8.52. The number of hydrogen-bond donors (Lipinski definition) is 2. The normalized spacial score (nSPS) is 9.14. The molecule has 0 bridgehead atoms. The predicted octanol–water partition coefficient (Wildman–Crippen LogP) is 0.783. The summed E-state index contributed by atoms with van der Waals surface area (Å²) in [6, 6.07) is 1.59. The molecule has 0 fully saturated rings. The molecule has 7 heavy (non-hydrogen) atoms. The van der Waals surface area contributed by atoms with E-state index >= 15 is 0 Å². The van der Waals surface area contributed by atoms with Gasteiger partial charge in [0, 0.05) is 6.20 Å². The van der Waals surface area contributed by atoms with Gasteiger partial charge in [-0.3, -0.25) is 5.10 Å². The molecule has 0 atom stereocenters. The third kappa shape index (κ3) is 0.640. The van der Waals surface area contributed by atoms with Gasteiger partial charge in [0.15, 0.2) is 4.64 Å². The zero-order chi connectivity index (χ0) is 5.28. The summed E-state index contributed by atoms with van der Waals surface area (Å²) >= 11 is 4.57. The van der Waals surface area contributed by atoms with E-state index in [4.69, 9.17) is 5.21 Å². The van der Waals surface area contributed by atoms with Crippen LogP contribution in [0.4, 0.5) is 0 Å². The molecule has 4 heteroatoms. The van der Waals surface area contributed by atoms with Crippen LogP contribution in [0.2, 0.25) is 0 Å². The Balaban J connectivity index is 3.39. The van der Waals surface area contributed by atoms with Crippen molar-refractivity contribution < 1.29 is 5.21 Å². The van der Waals surface area contributed by atoms with E-state index in [9.17, 15) is 0 Å². The van der Waals surface area contributed by atoms with Gasteiger partial charge in [-0.1, -0.05) is 12.2 Å². The van der Waals surface area contributed by atoms with Crippen LogP contribution in [0, 0.1) is 4.64 Å². The highest BCUT2D eigenvalue weighted by Gasteiger charge is 1.79. The average molecular weight is 116 g/mol. The van der Waals surface area contributed by atoms with Crippen molar-refractivity contribution in [3.63, 3.8) is 0 Å². The van der Waals surface area contributed by atoms with Crippen molar-refractivity contribution in [3.05, 3.63) is 16.9 Å². The first-order chi connectivity index (χ1) is 3.30. The first-order valence-corrected chi connectivity index (χ1v) is 2.17. The Labute approximate surface area is 45.1 Å². The van der Waals surface area contributed by atoms with E-state index in [1.54, 1.807) is 12.3 Å². The van der Waals surface area contributed by atoms with Gasteiger partial charge in [0.1, 0.15) is 0 Å². The second kappa shape index (κ2) is 1.38. The van der Waals surface area contributed by atoms with Gasteiger partial charge < -0.3 is 5.21 Å². The lowest BCUT2D eigenvalue weighted by Gasteiger charge is -1.81. The molecule has 0 saturated heterocycles. The largest absolute Gasteiger partial charge is 0.412 e. The van der Waals surface area contributed by atoms with Gasteiger partial charge in [0.05, 0.1) is 0 Å². The fourth-order valence-electron chi connectivity index (χ4n) is 0.313. The van der Waals surface area contributed by atoms with Gasteiger partial charge in [0.25, 0.3) is 0 Å². The van der Waals surface area contributed by atoms with Crippen LogP contribution in [-0.2, 0) is 0 Å². The van der Waals surface area contributed by atoms with Crippen LogP contribution in [0.1, 0.15) is 0 Å². The molecule has 1 aromatic rings. The van der Waals surface area contributed by atoms with Crippen LogP contribution in [0.3, 0.4) is 0 Å². The molecule has 0 aliphatic carbocycles. The molecule has 0 aliphatic heterocycles. The summed E-state index contributed by atoms with van der Waals surface area (Å²) in [6.07, 6.45) is 1.56. The minimum Gasteiger partial charge on any atom is -0.412 e. The molecule has 0 unspecified atom stereocenters. The topological polar surface area (TPSA) is 41.0 Å². The zero-order valence-electron chi connectivity index (χ0n) is 3.46. The minimum absolute atomic E-state index is 0.389. The summed E-state index contributed by atoms with van der Waals surface area (Å²) in [5, 5.41) is 11.0. The maximum absolute atomic E-state index is 8.52. The molecule has 38 valence electrons. The Morgan fingerprint density at radius 1 is 1.86 bits per heavy atom. The van der Waals surface area contributed by atoms with Gasteiger partial charge in [-0.2, -0.15) is 0 Å². The molecule has 0 aromatic carbocycles. The smallest absolute Gasteiger partial charge is 0.163 e. The average Bonchev–Trinajstić information content (AvgIpc) is 1.91. The molecule has 0 saturated carbocycles. The first kappa shape index (κ1) is 4.39. The van der Waals surface area contributed by atoms with Crippen molar-refractivity contribution in [3.8, 4) is 0 Å². The number of aromatic amines is 1. The molecule has 2 N–H and O–H groups in total. The summed E-state index contributed by atoms with van der Waals surface area (Å²) in [7, 11) is 0. The second-order valence-electron chi connectivity index (χ2n) is 1.11. The summed E-state index contributed by atoms with van der Waals surface area (Å²) in [4.78, 5) is 0.773. The highest BCUT2D eigenvalue weighted by molar-refractivity contribution is 7.71. The molecular weight excluding hydrogens is 112 g/mol. The Morgan fingerprint density at radius 3 is 2.71 bits per heavy atom. The monoisotopic (exact) mass is 116 g/mol. The van der Waals surface area contributed by atoms with E-state index in [-0.39, 0.29) is 0 Å². The van der Waals surface area contributed by atoms with Crippen LogP contribution < -0.4 is 0 Å². The summed E-state index contributed by atoms with van der Waals surface area (Å²) in [5.41, 5.74) is 0. The van der Waals surface area contributed by atoms with Gasteiger partial charge in [-0.15, -0.1) is 4.85 Å². The van der Waals surface area contributed by atoms with E-state index in [1.807, 2.05) is 0 Å². The molecule has 0 amide bonds. The lowest BCUT2D eigenvalue weighted by molar-refractivity contribution is 0.145. The number of nitrogens with zero attached hydrogens (tertiary/aromatic N) is 1. The molecule has 1 heterocycles. The molecule has 0 aliphatic rings. The van der Waals surface area contributed by atoms with Crippen molar-refractivity contribution in [2.24, 2.45) is 0 Å². The first-order valence-electron chi connectivity index (χ1n) is 1.76. The van der Waals surface area contributed by atoms with Crippen LogP contribution in [0.25, 0.3) is 0 Å². The van der Waals surface area contributed by atoms with Crippen LogP contribution in [-0.4, -0.2) is 15.2 Å². The van der Waals surface area contributed by atoms with Crippen molar-refractivity contribution in [1.29, 1.82) is 0 Å². The number of rotatable bonds is 0. The lowest BCUT2D eigenvalue weighted by atomic mass is 10.8. The molecule has 1 rings (SSSR count). The second-order valence-corrected chi connectivity index (χ2v) is 1.53. The molecule has 0 radical (unpaired) electrons. The van der Waals surface area contributed by atoms with E-state index in [0.29, 0.717) is 4.64 Å². The van der Waals surface area contributed by atoms with E-state index in [1.165, 1.54) is 0 Å². The van der Waals surface area contributed by atoms with Crippen LogP contribution in [0.5, 0.6) is 0 Å². The number of nitrogens with one attached hydrogen (secondary N) is 1. The maximum Gasteiger partial charge on any atom is 0.163 e. The number of H-pyrrole nitrogens is 1. The van der Waals surface area contributed by atoms with Crippen molar-refractivity contribution in [2.45, 2.75) is 0 Å².